The maximum Gasteiger partial charge on any atom is 0.417 e. The van der Waals surface area contributed by atoms with Gasteiger partial charge in [-0.3, -0.25) is 0 Å². The summed E-state index contributed by atoms with van der Waals surface area (Å²) in [5.41, 5.74) is -1.25. The summed E-state index contributed by atoms with van der Waals surface area (Å²) in [4.78, 5) is 0. The lowest BCUT2D eigenvalue weighted by atomic mass is 10.1. The number of thiol groups is 1. The second-order valence-electron chi connectivity index (χ2n) is 2.96. The molecule has 0 aliphatic rings. The van der Waals surface area contributed by atoms with Gasteiger partial charge in [-0.15, -0.1) is 0 Å². The fraction of sp³-hybridized carbons (Fsp3) is 0.273. The Morgan fingerprint density at radius 3 is 2.50 bits per heavy atom. The van der Waals surface area contributed by atoms with E-state index >= 15 is 0 Å². The summed E-state index contributed by atoms with van der Waals surface area (Å²) < 4.78 is 50.2. The van der Waals surface area contributed by atoms with Gasteiger partial charge in [0.25, 0.3) is 0 Å². The summed E-state index contributed by atoms with van der Waals surface area (Å²) in [6.07, 6.45) is -4.20. The van der Waals surface area contributed by atoms with Gasteiger partial charge >= 0.3 is 6.18 Å². The summed E-state index contributed by atoms with van der Waals surface area (Å²) in [7, 11) is 0. The number of rotatable bonds is 1. The van der Waals surface area contributed by atoms with E-state index in [9.17, 15) is 17.6 Å². The molecule has 0 N–H and O–H groups in total. The van der Waals surface area contributed by atoms with Crippen LogP contribution in [0, 0.1) is 17.7 Å². The average Bonchev–Trinajstić information content (AvgIpc) is 2.19. The lowest BCUT2D eigenvalue weighted by Crippen LogP contribution is -2.08. The number of halogens is 4. The second-order valence-corrected chi connectivity index (χ2v) is 3.41. The molecule has 86 valence electrons. The standard InChI is InChI=1S/C11H8F4S/c12-9-5-4-8(3-1-2-6-16)10(7-9)11(13,14)15/h4-5,7,16H,2,6H2. The summed E-state index contributed by atoms with van der Waals surface area (Å²) in [6, 6.07) is 2.44. The van der Waals surface area contributed by atoms with Crippen molar-refractivity contribution in [1.82, 2.24) is 0 Å². The Kier molecular flexibility index (Phi) is 4.25. The van der Waals surface area contributed by atoms with Gasteiger partial charge in [0.15, 0.2) is 0 Å². The fourth-order valence-electron chi connectivity index (χ4n) is 1.07. The molecule has 0 saturated carbocycles. The Hall–Kier alpha value is -1.15. The van der Waals surface area contributed by atoms with Crippen LogP contribution in [0.1, 0.15) is 17.5 Å². The quantitative estimate of drug-likeness (QED) is 0.439. The summed E-state index contributed by atoms with van der Waals surface area (Å²) >= 11 is 3.88. The SMILES string of the molecule is Fc1ccc(C#CCCS)c(C(F)(F)F)c1. The maximum absolute atomic E-state index is 12.7. The first-order valence-electron chi connectivity index (χ1n) is 4.41. The van der Waals surface area contributed by atoms with Crippen LogP contribution < -0.4 is 0 Å². The molecule has 1 aromatic rings. The first-order valence-corrected chi connectivity index (χ1v) is 5.05. The van der Waals surface area contributed by atoms with Crippen molar-refractivity contribution in [1.29, 1.82) is 0 Å². The molecule has 0 aliphatic heterocycles. The third kappa shape index (κ3) is 3.46. The van der Waals surface area contributed by atoms with Gasteiger partial charge in [0, 0.05) is 17.7 Å². The van der Waals surface area contributed by atoms with Crippen LogP contribution in [0.15, 0.2) is 18.2 Å². The van der Waals surface area contributed by atoms with Crippen molar-refractivity contribution < 1.29 is 17.6 Å². The fourth-order valence-corrected chi connectivity index (χ4v) is 1.19. The van der Waals surface area contributed by atoms with E-state index in [1.807, 2.05) is 0 Å². The van der Waals surface area contributed by atoms with Crippen molar-refractivity contribution in [3.63, 3.8) is 0 Å². The van der Waals surface area contributed by atoms with Gasteiger partial charge in [-0.05, 0) is 18.2 Å². The average molecular weight is 248 g/mol. The third-order valence-electron chi connectivity index (χ3n) is 1.75. The van der Waals surface area contributed by atoms with Gasteiger partial charge in [-0.2, -0.15) is 25.8 Å². The zero-order valence-electron chi connectivity index (χ0n) is 8.11. The molecule has 0 atom stereocenters. The third-order valence-corrected chi connectivity index (χ3v) is 1.97. The zero-order chi connectivity index (χ0) is 12.2. The molecule has 1 aromatic carbocycles. The number of benzene rings is 1. The van der Waals surface area contributed by atoms with Gasteiger partial charge in [-0.1, -0.05) is 11.8 Å². The molecule has 0 bridgehead atoms. The Bertz CT molecular complexity index is 426. The molecular formula is C11H8F4S. The van der Waals surface area contributed by atoms with Gasteiger partial charge in [0.05, 0.1) is 5.56 Å². The topological polar surface area (TPSA) is 0 Å². The van der Waals surface area contributed by atoms with E-state index in [4.69, 9.17) is 0 Å². The molecule has 0 aliphatic carbocycles. The van der Waals surface area contributed by atoms with Crippen molar-refractivity contribution in [3.05, 3.63) is 35.1 Å². The lowest BCUT2D eigenvalue weighted by Gasteiger charge is -2.08. The van der Waals surface area contributed by atoms with Crippen LogP contribution >= 0.6 is 12.6 Å². The molecule has 0 aromatic heterocycles. The largest absolute Gasteiger partial charge is 0.417 e. The Morgan fingerprint density at radius 1 is 1.25 bits per heavy atom. The minimum atomic E-state index is -4.59. The molecule has 0 unspecified atom stereocenters. The zero-order valence-corrected chi connectivity index (χ0v) is 9.00. The van der Waals surface area contributed by atoms with Crippen LogP contribution in [0.3, 0.4) is 0 Å². The van der Waals surface area contributed by atoms with Crippen LogP contribution in [0.25, 0.3) is 0 Å². The van der Waals surface area contributed by atoms with Crippen molar-refractivity contribution in [2.24, 2.45) is 0 Å². The molecule has 5 heteroatoms. The van der Waals surface area contributed by atoms with Gasteiger partial charge in [0.1, 0.15) is 5.82 Å². The summed E-state index contributed by atoms with van der Waals surface area (Å²) in [5.74, 6) is 4.44. The van der Waals surface area contributed by atoms with Crippen molar-refractivity contribution in [2.45, 2.75) is 12.6 Å². The second kappa shape index (κ2) is 5.26. The molecule has 0 amide bonds. The number of hydrogen-bond donors (Lipinski definition) is 1. The lowest BCUT2D eigenvalue weighted by molar-refractivity contribution is -0.137. The molecule has 0 saturated heterocycles. The molecule has 0 heterocycles. The van der Waals surface area contributed by atoms with E-state index in [0.29, 0.717) is 18.2 Å². The van der Waals surface area contributed by atoms with Crippen LogP contribution in [-0.2, 0) is 6.18 Å². The molecule has 0 radical (unpaired) electrons. The Labute approximate surface area is 96.1 Å². The molecule has 0 fully saturated rings. The highest BCUT2D eigenvalue weighted by atomic mass is 32.1. The first kappa shape index (κ1) is 12.9. The molecule has 0 spiro atoms. The normalized spacial score (nSPS) is 10.8. The minimum absolute atomic E-state index is 0.212. The highest BCUT2D eigenvalue weighted by Crippen LogP contribution is 2.32. The van der Waals surface area contributed by atoms with Gasteiger partial charge in [-0.25, -0.2) is 4.39 Å². The Balaban J connectivity index is 3.15. The van der Waals surface area contributed by atoms with Gasteiger partial charge < -0.3 is 0 Å². The number of hydrogen-bond acceptors (Lipinski definition) is 1. The van der Waals surface area contributed by atoms with Crippen molar-refractivity contribution in [3.8, 4) is 11.8 Å². The predicted molar refractivity (Wildman–Crippen MR) is 56.8 cm³/mol. The predicted octanol–water partition coefficient (Wildman–Crippen LogP) is 3.52. The smallest absolute Gasteiger partial charge is 0.207 e. The Morgan fingerprint density at radius 2 is 1.94 bits per heavy atom. The van der Waals surface area contributed by atoms with E-state index in [0.717, 1.165) is 12.1 Å². The van der Waals surface area contributed by atoms with E-state index < -0.39 is 17.6 Å². The summed E-state index contributed by atoms with van der Waals surface area (Å²) in [5, 5.41) is 0. The van der Waals surface area contributed by atoms with Crippen LogP contribution in [-0.4, -0.2) is 5.75 Å². The highest BCUT2D eigenvalue weighted by Gasteiger charge is 2.33. The molecule has 1 rings (SSSR count). The van der Waals surface area contributed by atoms with Crippen molar-refractivity contribution in [2.75, 3.05) is 5.75 Å². The molecule has 0 nitrogen and oxygen atoms in total. The first-order chi connectivity index (χ1) is 7.45. The molecular weight excluding hydrogens is 240 g/mol. The van der Waals surface area contributed by atoms with Crippen LogP contribution in [0.5, 0.6) is 0 Å². The van der Waals surface area contributed by atoms with Crippen LogP contribution in [0.2, 0.25) is 0 Å². The van der Waals surface area contributed by atoms with E-state index in [1.165, 1.54) is 0 Å². The minimum Gasteiger partial charge on any atom is -0.207 e. The highest BCUT2D eigenvalue weighted by molar-refractivity contribution is 7.80. The van der Waals surface area contributed by atoms with E-state index in [2.05, 4.69) is 24.5 Å². The van der Waals surface area contributed by atoms with Crippen molar-refractivity contribution >= 4 is 12.6 Å². The number of alkyl halides is 3. The summed E-state index contributed by atoms with van der Waals surface area (Å²) in [6.45, 7) is 0. The monoisotopic (exact) mass is 248 g/mol. The van der Waals surface area contributed by atoms with Gasteiger partial charge in [0.2, 0.25) is 0 Å². The van der Waals surface area contributed by atoms with E-state index in [1.54, 1.807) is 0 Å². The van der Waals surface area contributed by atoms with Crippen LogP contribution in [0.4, 0.5) is 17.6 Å². The van der Waals surface area contributed by atoms with E-state index in [-0.39, 0.29) is 5.56 Å². The maximum atomic E-state index is 12.7. The molecule has 16 heavy (non-hydrogen) atoms.